The molecule has 0 aliphatic rings. The molecular weight excluding hydrogens is 419 g/mol. The van der Waals surface area contributed by atoms with E-state index in [2.05, 4.69) is 43.4 Å². The van der Waals surface area contributed by atoms with Gasteiger partial charge in [0.05, 0.1) is 14.4 Å². The lowest BCUT2D eigenvalue weighted by Gasteiger charge is -2.03. The normalized spacial score (nSPS) is 12.2. The molecule has 0 unspecified atom stereocenters. The highest BCUT2D eigenvalue weighted by Crippen LogP contribution is 2.46. The van der Waals surface area contributed by atoms with Crippen molar-refractivity contribution in [1.29, 1.82) is 0 Å². The number of hydrogen-bond acceptors (Lipinski definition) is 5. The molecule has 0 radical (unpaired) electrons. The van der Waals surface area contributed by atoms with E-state index < -0.39 is 0 Å². The zero-order valence-corrected chi connectivity index (χ0v) is 19.7. The number of unbranched alkanes of at least 4 members (excludes halogenated alkanes) is 5. The first kappa shape index (κ1) is 18.9. The van der Waals surface area contributed by atoms with Crippen LogP contribution in [0.1, 0.15) is 50.3 Å². The van der Waals surface area contributed by atoms with E-state index in [1.165, 1.54) is 87.4 Å². The molecule has 5 aromatic rings. The summed E-state index contributed by atoms with van der Waals surface area (Å²) >= 11 is 7.76. The predicted molar refractivity (Wildman–Crippen MR) is 135 cm³/mol. The van der Waals surface area contributed by atoms with Crippen molar-refractivity contribution in [2.24, 2.45) is 0 Å². The van der Waals surface area contributed by atoms with Gasteiger partial charge in [-0.2, -0.15) is 0 Å². The number of anilines is 1. The molecule has 0 saturated heterocycles. The molecule has 1 nitrogen and oxygen atoms in total. The minimum Gasteiger partial charge on any atom is -0.377 e. The van der Waals surface area contributed by atoms with Crippen LogP contribution in [0.15, 0.2) is 24.3 Å². The Kier molecular flexibility index (Phi) is 5.35. The lowest BCUT2D eigenvalue weighted by molar-refractivity contribution is 0.617. The first-order chi connectivity index (χ1) is 13.7. The highest BCUT2D eigenvalue weighted by Gasteiger charge is 2.14. The Balaban J connectivity index is 1.37. The number of aryl methyl sites for hydroxylation is 1. The number of hydrogen-bond donors (Lipinski definition) is 1. The van der Waals surface area contributed by atoms with Gasteiger partial charge in [-0.3, -0.25) is 0 Å². The van der Waals surface area contributed by atoms with Gasteiger partial charge in [0.25, 0.3) is 0 Å². The van der Waals surface area contributed by atoms with E-state index in [9.17, 15) is 0 Å². The molecule has 146 valence electrons. The zero-order valence-electron chi connectivity index (χ0n) is 16.4. The van der Waals surface area contributed by atoms with Crippen LogP contribution >= 0.6 is 45.3 Å². The minimum absolute atomic E-state index is 1.10. The molecule has 4 heterocycles. The van der Waals surface area contributed by atoms with Crippen LogP contribution < -0.4 is 5.32 Å². The Bertz CT molecular complexity index is 1250. The van der Waals surface area contributed by atoms with E-state index >= 15 is 0 Å². The number of fused-ring (bicyclic) bond motifs is 6. The quantitative estimate of drug-likeness (QED) is 0.235. The third-order valence-electron chi connectivity index (χ3n) is 5.36. The first-order valence-corrected chi connectivity index (χ1v) is 13.5. The van der Waals surface area contributed by atoms with Gasteiger partial charge in [0.1, 0.15) is 0 Å². The van der Waals surface area contributed by atoms with Gasteiger partial charge in [0, 0.05) is 41.0 Å². The average Bonchev–Trinajstić information content (AvgIpc) is 3.38. The summed E-state index contributed by atoms with van der Waals surface area (Å²) < 4.78 is 8.67. The van der Waals surface area contributed by atoms with Gasteiger partial charge in [-0.25, -0.2) is 0 Å². The molecule has 0 saturated carbocycles. The number of benzene rings is 1. The van der Waals surface area contributed by atoms with Crippen molar-refractivity contribution in [3.05, 3.63) is 29.1 Å². The molecule has 0 atom stereocenters. The number of nitrogens with one attached hydrogen (secondary N) is 1. The molecule has 4 aromatic heterocycles. The maximum Gasteiger partial charge on any atom is 0.0903 e. The zero-order chi connectivity index (χ0) is 19.1. The smallest absolute Gasteiger partial charge is 0.0903 e. The lowest BCUT2D eigenvalue weighted by Crippen LogP contribution is -1.99. The molecule has 28 heavy (non-hydrogen) atoms. The monoisotopic (exact) mass is 443 g/mol. The molecule has 0 fully saturated rings. The van der Waals surface area contributed by atoms with Crippen LogP contribution in [0.4, 0.5) is 5.00 Å². The van der Waals surface area contributed by atoms with Gasteiger partial charge < -0.3 is 5.32 Å². The van der Waals surface area contributed by atoms with Crippen LogP contribution in [0.3, 0.4) is 0 Å². The van der Waals surface area contributed by atoms with Crippen LogP contribution in [0.5, 0.6) is 0 Å². The summed E-state index contributed by atoms with van der Waals surface area (Å²) in [5.74, 6) is 0. The number of thiophene rings is 4. The van der Waals surface area contributed by atoms with E-state index in [1.54, 1.807) is 0 Å². The Labute approximate surface area is 182 Å². The SMILES string of the molecule is CCCCCCCCNc1cc2sc3cc4sc5cc(C)sc5c4cc3c2s1. The van der Waals surface area contributed by atoms with Gasteiger partial charge >= 0.3 is 0 Å². The number of rotatable bonds is 8. The third-order valence-corrected chi connectivity index (χ3v) is 10.0. The van der Waals surface area contributed by atoms with Gasteiger partial charge in [0.15, 0.2) is 0 Å². The van der Waals surface area contributed by atoms with Crippen molar-refractivity contribution in [3.63, 3.8) is 0 Å². The minimum atomic E-state index is 1.10. The van der Waals surface area contributed by atoms with Crippen LogP contribution in [0, 0.1) is 6.92 Å². The second-order valence-corrected chi connectivity index (χ2v) is 12.1. The molecule has 0 amide bonds. The fourth-order valence-corrected chi connectivity index (χ4v) is 8.90. The first-order valence-electron chi connectivity index (χ1n) is 10.3. The lowest BCUT2D eigenvalue weighted by atomic mass is 10.1. The Morgan fingerprint density at radius 2 is 1.36 bits per heavy atom. The summed E-state index contributed by atoms with van der Waals surface area (Å²) in [6.07, 6.45) is 8.12. The molecule has 0 aliphatic heterocycles. The Hall–Kier alpha value is -1.14. The molecule has 0 aliphatic carbocycles. The van der Waals surface area contributed by atoms with Crippen molar-refractivity contribution >= 4 is 89.3 Å². The Morgan fingerprint density at radius 3 is 2.14 bits per heavy atom. The van der Waals surface area contributed by atoms with Crippen molar-refractivity contribution in [1.82, 2.24) is 0 Å². The summed E-state index contributed by atoms with van der Waals surface area (Å²) in [6, 6.07) is 9.56. The predicted octanol–water partition coefficient (Wildman–Crippen LogP) is 9.63. The maximum absolute atomic E-state index is 3.67. The van der Waals surface area contributed by atoms with E-state index in [0.29, 0.717) is 0 Å². The van der Waals surface area contributed by atoms with E-state index in [1.807, 2.05) is 45.3 Å². The maximum atomic E-state index is 3.67. The van der Waals surface area contributed by atoms with Crippen molar-refractivity contribution in [3.8, 4) is 0 Å². The van der Waals surface area contributed by atoms with E-state index in [0.717, 1.165) is 6.54 Å². The van der Waals surface area contributed by atoms with Gasteiger partial charge in [-0.1, -0.05) is 39.0 Å². The molecule has 0 spiro atoms. The largest absolute Gasteiger partial charge is 0.377 e. The van der Waals surface area contributed by atoms with Gasteiger partial charge in [-0.15, -0.1) is 45.3 Å². The van der Waals surface area contributed by atoms with Crippen molar-refractivity contribution < 1.29 is 0 Å². The molecule has 1 N–H and O–H groups in total. The molecule has 5 rings (SSSR count). The van der Waals surface area contributed by atoms with Gasteiger partial charge in [-0.05, 0) is 37.6 Å². The van der Waals surface area contributed by atoms with Crippen LogP contribution in [-0.2, 0) is 0 Å². The van der Waals surface area contributed by atoms with Crippen LogP contribution in [0.25, 0.3) is 39.0 Å². The summed E-state index contributed by atoms with van der Waals surface area (Å²) in [5.41, 5.74) is 0. The summed E-state index contributed by atoms with van der Waals surface area (Å²) in [5, 5.41) is 7.89. The highest BCUT2D eigenvalue weighted by atomic mass is 32.1. The van der Waals surface area contributed by atoms with E-state index in [4.69, 9.17) is 0 Å². The molecule has 1 aromatic carbocycles. The second-order valence-electron chi connectivity index (χ2n) is 7.60. The van der Waals surface area contributed by atoms with Crippen molar-refractivity contribution in [2.45, 2.75) is 52.4 Å². The van der Waals surface area contributed by atoms with Crippen LogP contribution in [-0.4, -0.2) is 6.54 Å². The average molecular weight is 444 g/mol. The fourth-order valence-electron chi connectivity index (χ4n) is 3.92. The van der Waals surface area contributed by atoms with Gasteiger partial charge in [0.2, 0.25) is 0 Å². The molecule has 5 heteroatoms. The standard InChI is InChI=1S/C23H25NS4/c1-3-4-5-6-7-8-9-24-21-13-20-23(28-21)16-11-15-17(12-18(16)27-20)26-19-10-14(2)25-22(15)19/h10-13,24H,3-9H2,1-2H3. The van der Waals surface area contributed by atoms with Crippen molar-refractivity contribution in [2.75, 3.05) is 11.9 Å². The summed E-state index contributed by atoms with van der Waals surface area (Å²) in [6.45, 7) is 5.59. The summed E-state index contributed by atoms with van der Waals surface area (Å²) in [7, 11) is 0. The fraction of sp³-hybridized carbons (Fsp3) is 0.391. The third kappa shape index (κ3) is 3.47. The van der Waals surface area contributed by atoms with Crippen LogP contribution in [0.2, 0.25) is 0 Å². The Morgan fingerprint density at radius 1 is 0.679 bits per heavy atom. The second kappa shape index (κ2) is 7.94. The molecule has 0 bridgehead atoms. The van der Waals surface area contributed by atoms with E-state index in [-0.39, 0.29) is 0 Å². The topological polar surface area (TPSA) is 12.0 Å². The summed E-state index contributed by atoms with van der Waals surface area (Å²) in [4.78, 5) is 1.41. The molecular formula is C23H25NS4. The highest BCUT2D eigenvalue weighted by molar-refractivity contribution is 7.35.